The smallest absolute Gasteiger partial charge is 0.251 e. The zero-order valence-electron chi connectivity index (χ0n) is 16.3. The van der Waals surface area contributed by atoms with Gasteiger partial charge in [-0.3, -0.25) is 14.6 Å². The lowest BCUT2D eigenvalue weighted by molar-refractivity contribution is -0.129. The van der Waals surface area contributed by atoms with Gasteiger partial charge in [0.2, 0.25) is 5.91 Å². The number of guanidine groups is 1. The zero-order chi connectivity index (χ0) is 19.6. The summed E-state index contributed by atoms with van der Waals surface area (Å²) in [5.74, 6) is 0.845. The van der Waals surface area contributed by atoms with Crippen molar-refractivity contribution in [2.24, 2.45) is 4.99 Å². The number of hydrogen-bond donors (Lipinski definition) is 3. The van der Waals surface area contributed by atoms with Crippen LogP contribution in [0.5, 0.6) is 0 Å². The van der Waals surface area contributed by atoms with Crippen LogP contribution in [0.4, 0.5) is 0 Å². The fourth-order valence-corrected chi connectivity index (χ4v) is 3.34. The van der Waals surface area contributed by atoms with Crippen LogP contribution in [0.15, 0.2) is 33.7 Å². The van der Waals surface area contributed by atoms with Gasteiger partial charge in [0.15, 0.2) is 5.96 Å². The lowest BCUT2D eigenvalue weighted by atomic mass is 10.2. The Morgan fingerprint density at radius 2 is 2.04 bits per heavy atom. The number of halogens is 2. The summed E-state index contributed by atoms with van der Waals surface area (Å²) in [4.78, 5) is 29.9. The van der Waals surface area contributed by atoms with Crippen LogP contribution in [-0.2, 0) is 4.79 Å². The molecule has 1 aromatic carbocycles. The highest BCUT2D eigenvalue weighted by molar-refractivity contribution is 14.0. The molecule has 0 radical (unpaired) electrons. The predicted molar refractivity (Wildman–Crippen MR) is 126 cm³/mol. The number of carbonyl (C=O) groups is 2. The molecule has 0 aromatic heterocycles. The Hall–Kier alpha value is -1.36. The molecule has 3 N–H and O–H groups in total. The molecule has 1 heterocycles. The minimum Gasteiger partial charge on any atom is -0.356 e. The second-order valence-corrected chi connectivity index (χ2v) is 7.36. The van der Waals surface area contributed by atoms with E-state index in [1.807, 2.05) is 24.0 Å². The second-order valence-electron chi connectivity index (χ2n) is 6.44. The van der Waals surface area contributed by atoms with Gasteiger partial charge in [0.05, 0.1) is 0 Å². The largest absolute Gasteiger partial charge is 0.356 e. The lowest BCUT2D eigenvalue weighted by Gasteiger charge is -2.18. The van der Waals surface area contributed by atoms with Crippen molar-refractivity contribution < 1.29 is 9.59 Å². The molecule has 7 nitrogen and oxygen atoms in total. The van der Waals surface area contributed by atoms with E-state index >= 15 is 0 Å². The normalized spacial score (nSPS) is 16.3. The highest BCUT2D eigenvalue weighted by atomic mass is 127. The van der Waals surface area contributed by atoms with E-state index in [0.29, 0.717) is 25.1 Å². The maximum absolute atomic E-state index is 12.1. The Balaban J connectivity index is 0.00000392. The molecule has 0 aliphatic carbocycles. The molecule has 1 aliphatic rings. The quantitative estimate of drug-likeness (QED) is 0.205. The van der Waals surface area contributed by atoms with Crippen molar-refractivity contribution in [2.75, 3.05) is 33.2 Å². The van der Waals surface area contributed by atoms with Gasteiger partial charge >= 0.3 is 0 Å². The van der Waals surface area contributed by atoms with Crippen LogP contribution in [0.25, 0.3) is 0 Å². The van der Waals surface area contributed by atoms with Crippen molar-refractivity contribution in [1.82, 2.24) is 20.9 Å². The van der Waals surface area contributed by atoms with E-state index in [-0.39, 0.29) is 41.8 Å². The van der Waals surface area contributed by atoms with Crippen LogP contribution < -0.4 is 16.0 Å². The van der Waals surface area contributed by atoms with E-state index < -0.39 is 0 Å². The van der Waals surface area contributed by atoms with Gasteiger partial charge in [0.1, 0.15) is 0 Å². The summed E-state index contributed by atoms with van der Waals surface area (Å²) >= 11 is 3.37. The number of carbonyl (C=O) groups excluding carboxylic acids is 2. The van der Waals surface area contributed by atoms with Gasteiger partial charge in [0, 0.05) is 55.7 Å². The summed E-state index contributed by atoms with van der Waals surface area (Å²) in [7, 11) is 1.73. The van der Waals surface area contributed by atoms with E-state index in [1.54, 1.807) is 19.2 Å². The highest BCUT2D eigenvalue weighted by Gasteiger charge is 2.25. The molecule has 2 rings (SSSR count). The molecule has 1 fully saturated rings. The fourth-order valence-electron chi connectivity index (χ4n) is 2.95. The molecule has 9 heteroatoms. The molecule has 1 saturated heterocycles. The number of amides is 2. The van der Waals surface area contributed by atoms with E-state index in [0.717, 1.165) is 36.4 Å². The SMILES string of the molecule is CCC(=O)N1CCC(NC(=NC)NCCCNC(=O)c2cccc(Br)c2)C1.I. The topological polar surface area (TPSA) is 85.8 Å². The molecule has 0 bridgehead atoms. The van der Waals surface area contributed by atoms with Crippen LogP contribution >= 0.6 is 39.9 Å². The predicted octanol–water partition coefficient (Wildman–Crippen LogP) is 2.36. The number of nitrogens with one attached hydrogen (secondary N) is 3. The maximum atomic E-state index is 12.1. The van der Waals surface area contributed by atoms with Gasteiger partial charge in [-0.15, -0.1) is 24.0 Å². The third-order valence-corrected chi connectivity index (χ3v) is 4.92. The highest BCUT2D eigenvalue weighted by Crippen LogP contribution is 2.11. The standard InChI is InChI=1S/C19H28BrN5O2.HI/c1-3-17(26)25-11-8-16(13-25)24-19(21-2)23-10-5-9-22-18(27)14-6-4-7-15(20)12-14;/h4,6-7,12,16H,3,5,8-11,13H2,1-2H3,(H,22,27)(H2,21,23,24);1H. The molecule has 0 spiro atoms. The first-order valence-corrected chi connectivity index (χ1v) is 10.1. The van der Waals surface area contributed by atoms with Crippen molar-refractivity contribution in [1.29, 1.82) is 0 Å². The number of nitrogens with zero attached hydrogens (tertiary/aromatic N) is 2. The van der Waals surface area contributed by atoms with Crippen LogP contribution in [0, 0.1) is 0 Å². The Bertz CT molecular complexity index is 686. The molecule has 2 amide bonds. The summed E-state index contributed by atoms with van der Waals surface area (Å²) in [6.45, 7) is 4.68. The number of hydrogen-bond acceptors (Lipinski definition) is 3. The molecule has 0 saturated carbocycles. The van der Waals surface area contributed by atoms with Crippen molar-refractivity contribution in [3.05, 3.63) is 34.3 Å². The Morgan fingerprint density at radius 3 is 2.71 bits per heavy atom. The van der Waals surface area contributed by atoms with Crippen LogP contribution in [-0.4, -0.2) is 61.9 Å². The van der Waals surface area contributed by atoms with Gasteiger partial charge in [-0.1, -0.05) is 28.9 Å². The maximum Gasteiger partial charge on any atom is 0.251 e. The van der Waals surface area contributed by atoms with Crippen molar-refractivity contribution in [3.63, 3.8) is 0 Å². The van der Waals surface area contributed by atoms with Crippen molar-refractivity contribution in [2.45, 2.75) is 32.2 Å². The number of benzene rings is 1. The first-order chi connectivity index (χ1) is 13.0. The van der Waals surface area contributed by atoms with Crippen LogP contribution in [0.2, 0.25) is 0 Å². The number of rotatable bonds is 7. The summed E-state index contributed by atoms with van der Waals surface area (Å²) in [6.07, 6.45) is 2.26. The number of likely N-dealkylation sites (tertiary alicyclic amines) is 1. The average molecular weight is 566 g/mol. The van der Waals surface area contributed by atoms with Gasteiger partial charge < -0.3 is 20.9 Å². The second kappa shape index (κ2) is 13.0. The minimum atomic E-state index is -0.0783. The summed E-state index contributed by atoms with van der Waals surface area (Å²) < 4.78 is 0.887. The van der Waals surface area contributed by atoms with E-state index in [4.69, 9.17) is 0 Å². The zero-order valence-corrected chi connectivity index (χ0v) is 20.2. The van der Waals surface area contributed by atoms with E-state index in [1.165, 1.54) is 0 Å². The fraction of sp³-hybridized carbons (Fsp3) is 0.526. The minimum absolute atomic E-state index is 0. The lowest BCUT2D eigenvalue weighted by Crippen LogP contribution is -2.45. The van der Waals surface area contributed by atoms with Gasteiger partial charge in [-0.25, -0.2) is 0 Å². The molecule has 1 unspecified atom stereocenters. The van der Waals surface area contributed by atoms with E-state index in [9.17, 15) is 9.59 Å². The van der Waals surface area contributed by atoms with Gasteiger partial charge in [-0.05, 0) is 31.0 Å². The molecule has 156 valence electrons. The third-order valence-electron chi connectivity index (χ3n) is 4.43. The van der Waals surface area contributed by atoms with Gasteiger partial charge in [-0.2, -0.15) is 0 Å². The molecule has 1 aromatic rings. The summed E-state index contributed by atoms with van der Waals surface area (Å²) in [5, 5.41) is 9.52. The number of aliphatic imine (C=N–C) groups is 1. The first-order valence-electron chi connectivity index (χ1n) is 9.32. The Kier molecular flexibility index (Phi) is 11.4. The van der Waals surface area contributed by atoms with Gasteiger partial charge in [0.25, 0.3) is 5.91 Å². The van der Waals surface area contributed by atoms with Crippen LogP contribution in [0.3, 0.4) is 0 Å². The summed E-state index contributed by atoms with van der Waals surface area (Å²) in [5.41, 5.74) is 0.641. The average Bonchev–Trinajstić information content (AvgIpc) is 3.14. The Morgan fingerprint density at radius 1 is 1.29 bits per heavy atom. The van der Waals surface area contributed by atoms with Crippen molar-refractivity contribution in [3.8, 4) is 0 Å². The molecule has 1 aliphatic heterocycles. The van der Waals surface area contributed by atoms with E-state index in [2.05, 4.69) is 36.9 Å². The Labute approximate surface area is 192 Å². The summed E-state index contributed by atoms with van der Waals surface area (Å²) in [6, 6.07) is 7.55. The molecular weight excluding hydrogens is 537 g/mol. The van der Waals surface area contributed by atoms with Crippen LogP contribution in [0.1, 0.15) is 36.5 Å². The third kappa shape index (κ3) is 7.94. The molecule has 1 atom stereocenters. The monoisotopic (exact) mass is 565 g/mol. The molecular formula is C19H29BrIN5O2. The molecule has 28 heavy (non-hydrogen) atoms. The van der Waals surface area contributed by atoms with Crippen molar-refractivity contribution >= 4 is 57.7 Å². The first kappa shape index (κ1) is 24.7.